The van der Waals surface area contributed by atoms with Crippen LogP contribution in [0.3, 0.4) is 0 Å². The quantitative estimate of drug-likeness (QED) is 0.563. The van der Waals surface area contributed by atoms with Gasteiger partial charge in [0, 0.05) is 49.0 Å². The molecule has 2 aliphatic heterocycles. The van der Waals surface area contributed by atoms with E-state index in [4.69, 9.17) is 0 Å². The molecule has 3 aromatic heterocycles. The third kappa shape index (κ3) is 2.93. The minimum atomic E-state index is 0.621. The predicted molar refractivity (Wildman–Crippen MR) is 113 cm³/mol. The van der Waals surface area contributed by atoms with Gasteiger partial charge in [0.15, 0.2) is 0 Å². The maximum atomic E-state index is 4.67. The van der Waals surface area contributed by atoms with Crippen molar-refractivity contribution in [2.75, 3.05) is 31.1 Å². The standard InChI is InChI=1S/C21H23N9/c1-2-8-28-10-11-29(14-15(28)4-1)21-22-13-18(25-27-21)16-5-6-19(30-9-3-7-24-30)20-17(16)12-23-26-20/h3,5-7,9,12-13,15H,1-2,4,8,10-11,14H2,(H,23,26). The first kappa shape index (κ1) is 17.5. The van der Waals surface area contributed by atoms with Crippen molar-refractivity contribution in [1.82, 2.24) is 40.1 Å². The van der Waals surface area contributed by atoms with E-state index in [2.05, 4.69) is 40.3 Å². The zero-order chi connectivity index (χ0) is 19.9. The minimum Gasteiger partial charge on any atom is -0.337 e. The molecule has 0 bridgehead atoms. The molecule has 2 aliphatic rings. The highest BCUT2D eigenvalue weighted by Crippen LogP contribution is 2.30. The van der Waals surface area contributed by atoms with E-state index in [1.54, 1.807) is 6.20 Å². The first-order chi connectivity index (χ1) is 14.9. The Balaban J connectivity index is 1.29. The second-order valence-electron chi connectivity index (χ2n) is 8.02. The van der Waals surface area contributed by atoms with Gasteiger partial charge in [-0.2, -0.15) is 10.2 Å². The third-order valence-electron chi connectivity index (χ3n) is 6.29. The molecule has 1 N–H and O–H groups in total. The van der Waals surface area contributed by atoms with Crippen molar-refractivity contribution in [3.05, 3.63) is 43.0 Å². The summed E-state index contributed by atoms with van der Waals surface area (Å²) in [6.07, 6.45) is 11.2. The topological polar surface area (TPSA) is 91.7 Å². The molecular weight excluding hydrogens is 378 g/mol. The van der Waals surface area contributed by atoms with Crippen LogP contribution in [0.4, 0.5) is 5.95 Å². The average molecular weight is 401 g/mol. The number of piperidine rings is 1. The monoisotopic (exact) mass is 401 g/mol. The number of anilines is 1. The Kier molecular flexibility index (Phi) is 4.19. The number of piperazine rings is 1. The summed E-state index contributed by atoms with van der Waals surface area (Å²) in [6.45, 7) is 4.26. The summed E-state index contributed by atoms with van der Waals surface area (Å²) in [5, 5.41) is 21.6. The van der Waals surface area contributed by atoms with Crippen LogP contribution in [0.1, 0.15) is 19.3 Å². The van der Waals surface area contributed by atoms with Gasteiger partial charge in [0.05, 0.1) is 23.6 Å². The summed E-state index contributed by atoms with van der Waals surface area (Å²) < 4.78 is 1.82. The fourth-order valence-corrected chi connectivity index (χ4v) is 4.72. The van der Waals surface area contributed by atoms with Gasteiger partial charge >= 0.3 is 0 Å². The molecule has 2 saturated heterocycles. The van der Waals surface area contributed by atoms with Gasteiger partial charge in [-0.3, -0.25) is 10.00 Å². The summed E-state index contributed by atoms with van der Waals surface area (Å²) in [6, 6.07) is 6.57. The number of aromatic amines is 1. The zero-order valence-corrected chi connectivity index (χ0v) is 16.6. The van der Waals surface area contributed by atoms with Gasteiger partial charge in [0.25, 0.3) is 0 Å². The van der Waals surface area contributed by atoms with Crippen LogP contribution in [0, 0.1) is 0 Å². The number of H-pyrrole nitrogens is 1. The van der Waals surface area contributed by atoms with E-state index in [0.29, 0.717) is 6.04 Å². The number of fused-ring (bicyclic) bond motifs is 2. The Morgan fingerprint density at radius 3 is 2.90 bits per heavy atom. The Hall–Kier alpha value is -3.33. The first-order valence-electron chi connectivity index (χ1n) is 10.5. The molecule has 0 radical (unpaired) electrons. The highest BCUT2D eigenvalue weighted by molar-refractivity contribution is 5.97. The molecule has 152 valence electrons. The number of rotatable bonds is 3. The van der Waals surface area contributed by atoms with Crippen LogP contribution in [0.15, 0.2) is 43.0 Å². The lowest BCUT2D eigenvalue weighted by molar-refractivity contribution is 0.132. The second-order valence-corrected chi connectivity index (χ2v) is 8.02. The number of hydrogen-bond donors (Lipinski definition) is 1. The fourth-order valence-electron chi connectivity index (χ4n) is 4.72. The van der Waals surface area contributed by atoms with Crippen molar-refractivity contribution in [3.63, 3.8) is 0 Å². The van der Waals surface area contributed by atoms with Crippen molar-refractivity contribution in [2.24, 2.45) is 0 Å². The summed E-state index contributed by atoms with van der Waals surface area (Å²) in [5.74, 6) is 0.723. The molecule has 1 aromatic carbocycles. The average Bonchev–Trinajstić information content (AvgIpc) is 3.51. The smallest absolute Gasteiger partial charge is 0.245 e. The molecule has 0 amide bonds. The van der Waals surface area contributed by atoms with Gasteiger partial charge in [0.1, 0.15) is 5.69 Å². The molecule has 4 aromatic rings. The lowest BCUT2D eigenvalue weighted by Gasteiger charge is -2.43. The van der Waals surface area contributed by atoms with Crippen LogP contribution in [0.5, 0.6) is 0 Å². The van der Waals surface area contributed by atoms with Crippen molar-refractivity contribution < 1.29 is 0 Å². The van der Waals surface area contributed by atoms with Gasteiger partial charge < -0.3 is 4.90 Å². The van der Waals surface area contributed by atoms with Crippen LogP contribution < -0.4 is 4.90 Å². The number of benzene rings is 1. The van der Waals surface area contributed by atoms with Crippen LogP contribution >= 0.6 is 0 Å². The van der Waals surface area contributed by atoms with E-state index in [-0.39, 0.29) is 0 Å². The summed E-state index contributed by atoms with van der Waals surface area (Å²) >= 11 is 0. The maximum absolute atomic E-state index is 4.67. The van der Waals surface area contributed by atoms with Crippen molar-refractivity contribution in [2.45, 2.75) is 25.3 Å². The number of nitrogens with zero attached hydrogens (tertiary/aromatic N) is 8. The van der Waals surface area contributed by atoms with Crippen LogP contribution in [0.25, 0.3) is 27.8 Å². The molecule has 2 fully saturated rings. The Labute approximate surface area is 173 Å². The first-order valence-corrected chi connectivity index (χ1v) is 10.5. The SMILES string of the molecule is c1cnn(-c2ccc(-c3cnc(N4CCN5CCCCC5C4)nn3)c3cn[nH]c23)c1. The number of aromatic nitrogens is 7. The van der Waals surface area contributed by atoms with E-state index >= 15 is 0 Å². The fraction of sp³-hybridized carbons (Fsp3) is 0.381. The Morgan fingerprint density at radius 1 is 1.03 bits per heavy atom. The molecule has 1 atom stereocenters. The molecule has 6 rings (SSSR count). The third-order valence-corrected chi connectivity index (χ3v) is 6.29. The highest BCUT2D eigenvalue weighted by atomic mass is 15.4. The molecule has 5 heterocycles. The molecule has 30 heavy (non-hydrogen) atoms. The number of hydrogen-bond acceptors (Lipinski definition) is 7. The molecule has 9 heteroatoms. The van der Waals surface area contributed by atoms with Gasteiger partial charge in [-0.25, -0.2) is 9.67 Å². The Morgan fingerprint density at radius 2 is 2.03 bits per heavy atom. The summed E-state index contributed by atoms with van der Waals surface area (Å²) in [5.41, 5.74) is 3.56. The molecular formula is C21H23N9. The molecule has 0 spiro atoms. The molecule has 0 saturated carbocycles. The molecule has 9 nitrogen and oxygen atoms in total. The predicted octanol–water partition coefficient (Wildman–Crippen LogP) is 2.28. The largest absolute Gasteiger partial charge is 0.337 e. The molecule has 0 aliphatic carbocycles. The normalized spacial score (nSPS) is 19.9. The van der Waals surface area contributed by atoms with Gasteiger partial charge in [0.2, 0.25) is 5.95 Å². The lowest BCUT2D eigenvalue weighted by Crippen LogP contribution is -2.55. The minimum absolute atomic E-state index is 0.621. The van der Waals surface area contributed by atoms with Gasteiger partial charge in [-0.05, 0) is 37.6 Å². The van der Waals surface area contributed by atoms with E-state index in [1.165, 1.54) is 25.8 Å². The van der Waals surface area contributed by atoms with E-state index in [0.717, 1.165) is 53.4 Å². The Bertz CT molecular complexity index is 1150. The van der Waals surface area contributed by atoms with Crippen LogP contribution in [0.2, 0.25) is 0 Å². The maximum Gasteiger partial charge on any atom is 0.245 e. The van der Waals surface area contributed by atoms with E-state index < -0.39 is 0 Å². The van der Waals surface area contributed by atoms with E-state index in [9.17, 15) is 0 Å². The van der Waals surface area contributed by atoms with Gasteiger partial charge in [-0.1, -0.05) is 6.42 Å². The second kappa shape index (κ2) is 7.17. The van der Waals surface area contributed by atoms with E-state index in [1.807, 2.05) is 41.5 Å². The highest BCUT2D eigenvalue weighted by Gasteiger charge is 2.30. The van der Waals surface area contributed by atoms with Crippen molar-refractivity contribution in [3.8, 4) is 16.9 Å². The molecule has 1 unspecified atom stereocenters. The van der Waals surface area contributed by atoms with Crippen LogP contribution in [-0.4, -0.2) is 72.3 Å². The zero-order valence-electron chi connectivity index (χ0n) is 16.6. The summed E-state index contributed by atoms with van der Waals surface area (Å²) in [7, 11) is 0. The lowest BCUT2D eigenvalue weighted by atomic mass is 10.00. The number of nitrogens with one attached hydrogen (secondary N) is 1. The van der Waals surface area contributed by atoms with Gasteiger partial charge in [-0.15, -0.1) is 10.2 Å². The van der Waals surface area contributed by atoms with Crippen molar-refractivity contribution >= 4 is 16.9 Å². The summed E-state index contributed by atoms with van der Waals surface area (Å²) in [4.78, 5) is 9.55. The van der Waals surface area contributed by atoms with Crippen LogP contribution in [-0.2, 0) is 0 Å². The van der Waals surface area contributed by atoms with Crippen molar-refractivity contribution in [1.29, 1.82) is 0 Å².